The van der Waals surface area contributed by atoms with Gasteiger partial charge in [0.15, 0.2) is 23.0 Å². The van der Waals surface area contributed by atoms with Crippen LogP contribution in [0.4, 0.5) is 4.39 Å². The van der Waals surface area contributed by atoms with E-state index in [1.54, 1.807) is 0 Å². The van der Waals surface area contributed by atoms with Crippen LogP contribution in [0.25, 0.3) is 0 Å². The van der Waals surface area contributed by atoms with E-state index in [-0.39, 0.29) is 23.1 Å². The van der Waals surface area contributed by atoms with Crippen LogP contribution >= 0.6 is 15.9 Å². The zero-order valence-corrected chi connectivity index (χ0v) is 12.9. The number of nitrogens with zero attached hydrogens (tertiary/aromatic N) is 2. The predicted octanol–water partition coefficient (Wildman–Crippen LogP) is 3.99. The molecular formula is C14H12BrFN2O3. The monoisotopic (exact) mass is 354 g/mol. The molecule has 0 aliphatic heterocycles. The smallest absolute Gasteiger partial charge is 0.358 e. The highest BCUT2D eigenvalue weighted by atomic mass is 79.9. The summed E-state index contributed by atoms with van der Waals surface area (Å²) in [6.45, 7) is 3.69. The molecule has 0 fully saturated rings. The summed E-state index contributed by atoms with van der Waals surface area (Å²) in [6, 6.07) is 4.12. The van der Waals surface area contributed by atoms with Gasteiger partial charge in [0.1, 0.15) is 5.82 Å². The minimum Gasteiger partial charge on any atom is -0.476 e. The summed E-state index contributed by atoms with van der Waals surface area (Å²) < 4.78 is 19.6. The maximum absolute atomic E-state index is 13.7. The first-order valence-electron chi connectivity index (χ1n) is 6.11. The lowest BCUT2D eigenvalue weighted by atomic mass is 10.2. The maximum atomic E-state index is 13.7. The molecule has 0 atom stereocenters. The lowest BCUT2D eigenvalue weighted by Gasteiger charge is -2.11. The largest absolute Gasteiger partial charge is 0.476 e. The van der Waals surface area contributed by atoms with Gasteiger partial charge >= 0.3 is 5.97 Å². The number of aromatic carboxylic acids is 1. The quantitative estimate of drug-likeness (QED) is 0.898. The lowest BCUT2D eigenvalue weighted by molar-refractivity contribution is 0.0686. The molecule has 1 heterocycles. The summed E-state index contributed by atoms with van der Waals surface area (Å²) in [5.41, 5.74) is -0.298. The molecule has 0 radical (unpaired) electrons. The van der Waals surface area contributed by atoms with Crippen molar-refractivity contribution in [3.05, 3.63) is 46.2 Å². The number of ether oxygens (including phenoxy) is 1. The highest BCUT2D eigenvalue weighted by molar-refractivity contribution is 9.10. The summed E-state index contributed by atoms with van der Waals surface area (Å²) >= 11 is 3.19. The molecule has 0 saturated heterocycles. The fraction of sp³-hybridized carbons (Fsp3) is 0.214. The second kappa shape index (κ2) is 6.17. The molecule has 0 unspecified atom stereocenters. The van der Waals surface area contributed by atoms with Crippen molar-refractivity contribution in [3.63, 3.8) is 0 Å². The average molecular weight is 355 g/mol. The molecule has 7 heteroatoms. The van der Waals surface area contributed by atoms with Gasteiger partial charge in [0.25, 0.3) is 0 Å². The molecule has 1 aromatic carbocycles. The molecule has 0 bridgehead atoms. The molecular weight excluding hydrogens is 343 g/mol. The van der Waals surface area contributed by atoms with Crippen molar-refractivity contribution in [2.75, 3.05) is 0 Å². The van der Waals surface area contributed by atoms with Gasteiger partial charge in [-0.3, -0.25) is 0 Å². The molecule has 2 aromatic rings. The van der Waals surface area contributed by atoms with Crippen molar-refractivity contribution in [3.8, 4) is 11.5 Å². The Kier molecular flexibility index (Phi) is 4.52. The van der Waals surface area contributed by atoms with Gasteiger partial charge in [-0.05, 0) is 18.2 Å². The van der Waals surface area contributed by atoms with E-state index in [1.807, 2.05) is 13.8 Å². The van der Waals surface area contributed by atoms with Gasteiger partial charge in [0.2, 0.25) is 0 Å². The Bertz CT molecular complexity index is 692. The molecule has 0 amide bonds. The molecule has 21 heavy (non-hydrogen) atoms. The zero-order chi connectivity index (χ0) is 15.6. The molecule has 2 rings (SSSR count). The normalized spacial score (nSPS) is 10.7. The lowest BCUT2D eigenvalue weighted by Crippen LogP contribution is -2.09. The summed E-state index contributed by atoms with van der Waals surface area (Å²) in [7, 11) is 0. The SMILES string of the molecule is CC(C)c1ncc(Oc2cc(Br)ccc2F)c(C(=O)O)n1. The standard InChI is InChI=1S/C14H12BrFN2O3/c1-7(2)13-17-6-11(12(18-13)14(19)20)21-10-5-8(15)3-4-9(10)16/h3-7H,1-2H3,(H,19,20). The van der Waals surface area contributed by atoms with Crippen LogP contribution in [0.5, 0.6) is 11.5 Å². The third-order valence-corrected chi connectivity index (χ3v) is 3.10. The fourth-order valence-corrected chi connectivity index (χ4v) is 1.90. The van der Waals surface area contributed by atoms with Gasteiger partial charge in [0, 0.05) is 10.4 Å². The number of carbonyl (C=O) groups is 1. The first kappa shape index (κ1) is 15.4. The third kappa shape index (κ3) is 3.55. The molecule has 1 aromatic heterocycles. The summed E-state index contributed by atoms with van der Waals surface area (Å²) in [5.74, 6) is -1.72. The van der Waals surface area contributed by atoms with Crippen molar-refractivity contribution in [1.82, 2.24) is 9.97 Å². The van der Waals surface area contributed by atoms with Crippen LogP contribution in [0.1, 0.15) is 36.1 Å². The van der Waals surface area contributed by atoms with Gasteiger partial charge in [-0.1, -0.05) is 29.8 Å². The minimum atomic E-state index is -1.26. The predicted molar refractivity (Wildman–Crippen MR) is 77.3 cm³/mol. The second-order valence-corrected chi connectivity index (χ2v) is 5.49. The van der Waals surface area contributed by atoms with Gasteiger partial charge in [-0.2, -0.15) is 0 Å². The first-order chi connectivity index (χ1) is 9.88. The summed E-state index contributed by atoms with van der Waals surface area (Å²) in [5, 5.41) is 9.20. The number of carboxylic acids is 1. The van der Waals surface area contributed by atoms with Crippen molar-refractivity contribution in [1.29, 1.82) is 0 Å². The number of hydrogen-bond donors (Lipinski definition) is 1. The number of carboxylic acid groups (broad SMARTS) is 1. The van der Waals surface area contributed by atoms with Crippen molar-refractivity contribution < 1.29 is 19.0 Å². The number of rotatable bonds is 4. The number of halogens is 2. The Morgan fingerprint density at radius 2 is 2.10 bits per heavy atom. The second-order valence-electron chi connectivity index (χ2n) is 4.58. The van der Waals surface area contributed by atoms with E-state index < -0.39 is 11.8 Å². The van der Waals surface area contributed by atoms with Gasteiger partial charge < -0.3 is 9.84 Å². The average Bonchev–Trinajstić information content (AvgIpc) is 2.42. The Labute approximate surface area is 128 Å². The Balaban J connectivity index is 2.44. The van der Waals surface area contributed by atoms with Gasteiger partial charge in [-0.25, -0.2) is 19.2 Å². The van der Waals surface area contributed by atoms with Crippen molar-refractivity contribution >= 4 is 21.9 Å². The van der Waals surface area contributed by atoms with Gasteiger partial charge in [-0.15, -0.1) is 0 Å². The van der Waals surface area contributed by atoms with Crippen LogP contribution in [-0.4, -0.2) is 21.0 Å². The van der Waals surface area contributed by atoms with Crippen LogP contribution in [0.15, 0.2) is 28.9 Å². The molecule has 5 nitrogen and oxygen atoms in total. The van der Waals surface area contributed by atoms with Crippen LogP contribution in [-0.2, 0) is 0 Å². The number of benzene rings is 1. The van der Waals surface area contributed by atoms with E-state index in [9.17, 15) is 14.3 Å². The number of aromatic nitrogens is 2. The van der Waals surface area contributed by atoms with E-state index in [0.717, 1.165) is 0 Å². The molecule has 0 aliphatic rings. The molecule has 110 valence electrons. The third-order valence-electron chi connectivity index (χ3n) is 2.61. The molecule has 0 saturated carbocycles. The molecule has 0 aliphatic carbocycles. The Morgan fingerprint density at radius 1 is 1.38 bits per heavy atom. The van der Waals surface area contributed by atoms with E-state index in [2.05, 4.69) is 25.9 Å². The zero-order valence-electron chi connectivity index (χ0n) is 11.3. The van der Waals surface area contributed by atoms with Crippen molar-refractivity contribution in [2.24, 2.45) is 0 Å². The van der Waals surface area contributed by atoms with E-state index >= 15 is 0 Å². The summed E-state index contributed by atoms with van der Waals surface area (Å²) in [6.07, 6.45) is 1.24. The van der Waals surface area contributed by atoms with E-state index in [1.165, 1.54) is 24.4 Å². The van der Waals surface area contributed by atoms with E-state index in [0.29, 0.717) is 10.3 Å². The topological polar surface area (TPSA) is 72.3 Å². The van der Waals surface area contributed by atoms with Crippen LogP contribution in [0, 0.1) is 5.82 Å². The van der Waals surface area contributed by atoms with Crippen LogP contribution in [0.2, 0.25) is 0 Å². The summed E-state index contributed by atoms with van der Waals surface area (Å²) in [4.78, 5) is 19.3. The Hall–Kier alpha value is -2.02. The van der Waals surface area contributed by atoms with E-state index in [4.69, 9.17) is 4.74 Å². The highest BCUT2D eigenvalue weighted by Crippen LogP contribution is 2.29. The minimum absolute atomic E-state index is 0.0280. The van der Waals surface area contributed by atoms with Gasteiger partial charge in [0.05, 0.1) is 6.20 Å². The maximum Gasteiger partial charge on any atom is 0.358 e. The number of hydrogen-bond acceptors (Lipinski definition) is 4. The molecule has 0 spiro atoms. The molecule has 1 N–H and O–H groups in total. The van der Waals surface area contributed by atoms with Crippen LogP contribution < -0.4 is 4.74 Å². The first-order valence-corrected chi connectivity index (χ1v) is 6.91. The van der Waals surface area contributed by atoms with Crippen LogP contribution in [0.3, 0.4) is 0 Å². The Morgan fingerprint density at radius 3 is 2.71 bits per heavy atom. The van der Waals surface area contributed by atoms with Crippen molar-refractivity contribution in [2.45, 2.75) is 19.8 Å². The fourth-order valence-electron chi connectivity index (χ4n) is 1.56. The highest BCUT2D eigenvalue weighted by Gasteiger charge is 2.18.